The van der Waals surface area contributed by atoms with E-state index in [0.717, 1.165) is 32.1 Å². The van der Waals surface area contributed by atoms with E-state index in [0.29, 0.717) is 6.61 Å². The van der Waals surface area contributed by atoms with Gasteiger partial charge in [-0.3, -0.25) is 0 Å². The van der Waals surface area contributed by atoms with E-state index in [1.54, 1.807) is 13.8 Å². The van der Waals surface area contributed by atoms with Crippen LogP contribution >= 0.6 is 0 Å². The molecular weight excluding hydrogens is 276 g/mol. The van der Waals surface area contributed by atoms with Crippen LogP contribution in [0.15, 0.2) is 48.6 Å². The van der Waals surface area contributed by atoms with E-state index in [1.165, 1.54) is 0 Å². The van der Waals surface area contributed by atoms with Gasteiger partial charge in [-0.2, -0.15) is 0 Å². The molecule has 0 aliphatic rings. The number of aliphatic carboxylic acids is 1. The minimum atomic E-state index is -1.12. The lowest BCUT2D eigenvalue weighted by Gasteiger charge is -2.18. The first-order valence-electron chi connectivity index (χ1n) is 7.98. The van der Waals surface area contributed by atoms with Crippen LogP contribution in [-0.4, -0.2) is 23.3 Å². The largest absolute Gasteiger partial charge is 0.479 e. The van der Waals surface area contributed by atoms with E-state index in [1.807, 2.05) is 12.2 Å². The topological polar surface area (TPSA) is 46.5 Å². The number of rotatable bonds is 12. The van der Waals surface area contributed by atoms with Crippen LogP contribution in [0, 0.1) is 0 Å². The summed E-state index contributed by atoms with van der Waals surface area (Å²) in [5.41, 5.74) is -1.12. The van der Waals surface area contributed by atoms with Crippen LogP contribution in [0.2, 0.25) is 0 Å². The zero-order valence-corrected chi connectivity index (χ0v) is 14.1. The Morgan fingerprint density at radius 3 is 1.95 bits per heavy atom. The molecule has 0 atom stereocenters. The predicted octanol–water partition coefficient (Wildman–Crippen LogP) is 5.06. The van der Waals surface area contributed by atoms with Crippen LogP contribution in [-0.2, 0) is 9.53 Å². The fraction of sp³-hybridized carbons (Fsp3) is 0.526. The second-order valence-electron chi connectivity index (χ2n) is 5.47. The summed E-state index contributed by atoms with van der Waals surface area (Å²) in [5, 5.41) is 8.88. The van der Waals surface area contributed by atoms with Crippen LogP contribution in [0.3, 0.4) is 0 Å². The van der Waals surface area contributed by atoms with Gasteiger partial charge in [-0.1, -0.05) is 55.5 Å². The lowest BCUT2D eigenvalue weighted by molar-refractivity contribution is -0.159. The number of ether oxygens (including phenoxy) is 1. The summed E-state index contributed by atoms with van der Waals surface area (Å²) in [6.45, 7) is 5.57. The minimum Gasteiger partial charge on any atom is -0.479 e. The van der Waals surface area contributed by atoms with E-state index < -0.39 is 11.6 Å². The van der Waals surface area contributed by atoms with Crippen molar-refractivity contribution in [1.29, 1.82) is 0 Å². The molecule has 0 aromatic rings. The minimum absolute atomic E-state index is 0.330. The van der Waals surface area contributed by atoms with Crippen molar-refractivity contribution in [2.45, 2.75) is 58.5 Å². The van der Waals surface area contributed by atoms with Crippen molar-refractivity contribution in [2.75, 3.05) is 6.61 Å². The molecule has 0 rings (SSSR count). The molecule has 0 unspecified atom stereocenters. The van der Waals surface area contributed by atoms with Crippen LogP contribution < -0.4 is 0 Å². The lowest BCUT2D eigenvalue weighted by Crippen LogP contribution is -2.34. The van der Waals surface area contributed by atoms with Crippen LogP contribution in [0.5, 0.6) is 0 Å². The third-order valence-corrected chi connectivity index (χ3v) is 3.00. The second-order valence-corrected chi connectivity index (χ2v) is 5.47. The molecule has 0 fully saturated rings. The van der Waals surface area contributed by atoms with E-state index >= 15 is 0 Å². The molecule has 1 N–H and O–H groups in total. The van der Waals surface area contributed by atoms with Gasteiger partial charge in [0.2, 0.25) is 0 Å². The number of carbonyl (C=O) groups is 1. The molecule has 0 spiro atoms. The predicted molar refractivity (Wildman–Crippen MR) is 93.0 cm³/mol. The molecule has 0 saturated carbocycles. The van der Waals surface area contributed by atoms with Crippen LogP contribution in [0.4, 0.5) is 0 Å². The zero-order chi connectivity index (χ0) is 16.7. The number of hydrogen-bond donors (Lipinski definition) is 1. The first-order chi connectivity index (χ1) is 10.5. The highest BCUT2D eigenvalue weighted by molar-refractivity contribution is 5.76. The van der Waals surface area contributed by atoms with Gasteiger partial charge in [-0.25, -0.2) is 4.79 Å². The maximum absolute atomic E-state index is 10.8. The molecule has 3 heteroatoms. The smallest absolute Gasteiger partial charge is 0.335 e. The van der Waals surface area contributed by atoms with Crippen molar-refractivity contribution < 1.29 is 14.6 Å². The van der Waals surface area contributed by atoms with E-state index in [9.17, 15) is 4.79 Å². The Morgan fingerprint density at radius 1 is 0.909 bits per heavy atom. The van der Waals surface area contributed by atoms with Crippen molar-refractivity contribution in [3.05, 3.63) is 48.6 Å². The molecule has 0 heterocycles. The molecule has 3 nitrogen and oxygen atoms in total. The number of carboxylic acids is 1. The van der Waals surface area contributed by atoms with Gasteiger partial charge >= 0.3 is 5.97 Å². The maximum Gasteiger partial charge on any atom is 0.335 e. The Morgan fingerprint density at radius 2 is 1.41 bits per heavy atom. The molecule has 22 heavy (non-hydrogen) atoms. The summed E-state index contributed by atoms with van der Waals surface area (Å²) < 4.78 is 5.27. The highest BCUT2D eigenvalue weighted by Gasteiger charge is 2.26. The summed E-state index contributed by atoms with van der Waals surface area (Å²) in [5.74, 6) is -0.943. The number of carboxylic acid groups (broad SMARTS) is 1. The Kier molecular flexibility index (Phi) is 12.1. The average molecular weight is 306 g/mol. The summed E-state index contributed by atoms with van der Waals surface area (Å²) >= 11 is 0. The molecule has 0 saturated heterocycles. The summed E-state index contributed by atoms with van der Waals surface area (Å²) in [7, 11) is 0. The van der Waals surface area contributed by atoms with Gasteiger partial charge in [0, 0.05) is 0 Å². The maximum atomic E-state index is 10.8. The van der Waals surface area contributed by atoms with Crippen molar-refractivity contribution in [1.82, 2.24) is 0 Å². The second kappa shape index (κ2) is 13.1. The molecular formula is C19H30O3. The van der Waals surface area contributed by atoms with Gasteiger partial charge in [0.1, 0.15) is 0 Å². The fourth-order valence-electron chi connectivity index (χ4n) is 1.52. The fourth-order valence-corrected chi connectivity index (χ4v) is 1.52. The molecule has 0 aliphatic heterocycles. The summed E-state index contributed by atoms with van der Waals surface area (Å²) in [6, 6.07) is 0. The van der Waals surface area contributed by atoms with E-state index in [-0.39, 0.29) is 0 Å². The summed E-state index contributed by atoms with van der Waals surface area (Å²) in [4.78, 5) is 10.8. The molecule has 0 aliphatic carbocycles. The van der Waals surface area contributed by atoms with Crippen molar-refractivity contribution >= 4 is 5.97 Å². The lowest BCUT2D eigenvalue weighted by atomic mass is 10.1. The van der Waals surface area contributed by atoms with E-state index in [2.05, 4.69) is 43.4 Å². The summed E-state index contributed by atoms with van der Waals surface area (Å²) in [6.07, 6.45) is 21.9. The van der Waals surface area contributed by atoms with Gasteiger partial charge in [0.05, 0.1) is 6.61 Å². The molecule has 0 bridgehead atoms. The van der Waals surface area contributed by atoms with Gasteiger partial charge < -0.3 is 9.84 Å². The number of unbranched alkanes of at least 4 members (excludes halogenated alkanes) is 1. The first kappa shape index (κ1) is 20.4. The number of hydrogen-bond acceptors (Lipinski definition) is 2. The van der Waals surface area contributed by atoms with Gasteiger partial charge in [-0.05, 0) is 46.0 Å². The van der Waals surface area contributed by atoms with Crippen molar-refractivity contribution in [2.24, 2.45) is 0 Å². The Hall–Kier alpha value is -1.61. The Labute approximate surface area is 135 Å². The first-order valence-corrected chi connectivity index (χ1v) is 7.98. The molecule has 0 aromatic carbocycles. The van der Waals surface area contributed by atoms with E-state index in [4.69, 9.17) is 9.84 Å². The molecule has 124 valence electrons. The van der Waals surface area contributed by atoms with Gasteiger partial charge in [-0.15, -0.1) is 0 Å². The number of allylic oxidation sites excluding steroid dienone is 7. The van der Waals surface area contributed by atoms with Crippen LogP contribution in [0.1, 0.15) is 52.9 Å². The SMILES string of the molecule is CC/C=C\C/C=C\C/C=C\CC/C=C/COC(C)(C)C(=O)O. The molecule has 0 aromatic heterocycles. The normalized spacial score (nSPS) is 13.2. The quantitative estimate of drug-likeness (QED) is 0.405. The standard InChI is InChI=1S/C19H30O3/c1-4-5-6-7-8-9-10-11-12-13-14-15-16-17-22-19(2,3)18(20)21/h5-6,8-9,11-12,15-16H,4,7,10,13-14,17H2,1-3H3,(H,20,21)/b6-5-,9-8-,12-11-,16-15+. The highest BCUT2D eigenvalue weighted by Crippen LogP contribution is 2.08. The Bertz CT molecular complexity index is 401. The average Bonchev–Trinajstić information content (AvgIpc) is 2.47. The zero-order valence-electron chi connectivity index (χ0n) is 14.1. The van der Waals surface area contributed by atoms with Crippen molar-refractivity contribution in [3.63, 3.8) is 0 Å². The molecule has 0 amide bonds. The third kappa shape index (κ3) is 12.2. The molecule has 0 radical (unpaired) electrons. The van der Waals surface area contributed by atoms with Gasteiger partial charge in [0.25, 0.3) is 0 Å². The third-order valence-electron chi connectivity index (χ3n) is 3.00. The monoisotopic (exact) mass is 306 g/mol. The van der Waals surface area contributed by atoms with Gasteiger partial charge in [0.15, 0.2) is 5.60 Å². The Balaban J connectivity index is 3.60. The van der Waals surface area contributed by atoms with Crippen molar-refractivity contribution in [3.8, 4) is 0 Å². The highest BCUT2D eigenvalue weighted by atomic mass is 16.5. The van der Waals surface area contributed by atoms with Crippen LogP contribution in [0.25, 0.3) is 0 Å².